The molecule has 0 saturated carbocycles. The lowest BCUT2D eigenvalue weighted by Gasteiger charge is -2.04. The second-order valence-corrected chi connectivity index (χ2v) is 4.17. The highest BCUT2D eigenvalue weighted by Gasteiger charge is 1.98. The molecule has 3 N–H and O–H groups in total. The van der Waals surface area contributed by atoms with Gasteiger partial charge in [-0.25, -0.2) is 0 Å². The highest BCUT2D eigenvalue weighted by molar-refractivity contribution is 7.10. The summed E-state index contributed by atoms with van der Waals surface area (Å²) in [6, 6.07) is 1.93. The maximum atomic E-state index is 5.75. The van der Waals surface area contributed by atoms with E-state index >= 15 is 0 Å². The molecule has 0 bridgehead atoms. The van der Waals surface area contributed by atoms with Crippen LogP contribution >= 0.6 is 11.3 Å². The molecule has 0 aromatic carbocycles. The van der Waals surface area contributed by atoms with Gasteiger partial charge in [-0.2, -0.15) is 0 Å². The Hall–Kier alpha value is -0.840. The third-order valence-corrected chi connectivity index (χ3v) is 2.89. The number of hydrogen-bond donors (Lipinski definition) is 2. The fraction of sp³-hybridized carbons (Fsp3) is 0.455. The van der Waals surface area contributed by atoms with Crippen molar-refractivity contribution in [3.05, 3.63) is 29.0 Å². The Morgan fingerprint density at radius 1 is 1.53 bits per heavy atom. The highest BCUT2D eigenvalue weighted by Crippen LogP contribution is 2.17. The predicted octanol–water partition coefficient (Wildman–Crippen LogP) is 2.01. The van der Waals surface area contributed by atoms with Crippen LogP contribution in [-0.4, -0.2) is 19.8 Å². The van der Waals surface area contributed by atoms with E-state index in [1.807, 2.05) is 17.5 Å². The molecule has 0 saturated heterocycles. The normalized spacial score (nSPS) is 10.4. The van der Waals surface area contributed by atoms with Crippen LogP contribution in [0.2, 0.25) is 0 Å². The number of thiophene rings is 1. The van der Waals surface area contributed by atoms with Crippen molar-refractivity contribution in [2.75, 3.05) is 25.5 Å². The maximum absolute atomic E-state index is 5.75. The number of nitrogen functional groups attached to an aromatic ring is 1. The first kappa shape index (κ1) is 12.2. The SMILES string of the molecule is C=CCCOCCNCc1sccc1N. The molecule has 0 aliphatic carbocycles. The van der Waals surface area contributed by atoms with Crippen LogP contribution in [0.1, 0.15) is 11.3 Å². The molecule has 0 unspecified atom stereocenters. The Kier molecular flexibility index (Phi) is 6.08. The minimum absolute atomic E-state index is 0.735. The Bertz CT molecular complexity index is 286. The second kappa shape index (κ2) is 7.45. The van der Waals surface area contributed by atoms with Crippen molar-refractivity contribution in [3.63, 3.8) is 0 Å². The zero-order valence-corrected chi connectivity index (χ0v) is 9.69. The third kappa shape index (κ3) is 4.97. The standard InChI is InChI=1S/C11H18N2OS/c1-2-3-6-14-7-5-13-9-11-10(12)4-8-15-11/h2,4,8,13H,1,3,5-7,9,12H2. The lowest BCUT2D eigenvalue weighted by molar-refractivity contribution is 0.140. The number of ether oxygens (including phenoxy) is 1. The van der Waals surface area contributed by atoms with Gasteiger partial charge >= 0.3 is 0 Å². The van der Waals surface area contributed by atoms with Gasteiger partial charge in [0.2, 0.25) is 0 Å². The fourth-order valence-corrected chi connectivity index (χ4v) is 1.88. The molecule has 4 heteroatoms. The highest BCUT2D eigenvalue weighted by atomic mass is 32.1. The molecule has 84 valence electrons. The summed E-state index contributed by atoms with van der Waals surface area (Å²) in [6.45, 7) is 6.80. The molecule has 1 aromatic heterocycles. The van der Waals surface area contributed by atoms with E-state index in [-0.39, 0.29) is 0 Å². The van der Waals surface area contributed by atoms with Crippen LogP contribution in [0, 0.1) is 0 Å². The summed E-state index contributed by atoms with van der Waals surface area (Å²) in [5, 5.41) is 5.29. The van der Waals surface area contributed by atoms with E-state index in [0.29, 0.717) is 0 Å². The minimum atomic E-state index is 0.735. The molecule has 0 aliphatic rings. The van der Waals surface area contributed by atoms with Crippen molar-refractivity contribution in [1.29, 1.82) is 0 Å². The number of hydrogen-bond acceptors (Lipinski definition) is 4. The van der Waals surface area contributed by atoms with Crippen molar-refractivity contribution in [2.24, 2.45) is 0 Å². The monoisotopic (exact) mass is 226 g/mol. The van der Waals surface area contributed by atoms with Crippen LogP contribution in [0.3, 0.4) is 0 Å². The van der Waals surface area contributed by atoms with E-state index in [2.05, 4.69) is 11.9 Å². The van der Waals surface area contributed by atoms with Crippen LogP contribution in [0.25, 0.3) is 0 Å². The van der Waals surface area contributed by atoms with Gasteiger partial charge in [0, 0.05) is 23.7 Å². The smallest absolute Gasteiger partial charge is 0.0591 e. The van der Waals surface area contributed by atoms with Crippen LogP contribution in [0.15, 0.2) is 24.1 Å². The van der Waals surface area contributed by atoms with E-state index in [1.165, 1.54) is 4.88 Å². The average molecular weight is 226 g/mol. The predicted molar refractivity (Wildman–Crippen MR) is 66.1 cm³/mol. The molecule has 1 rings (SSSR count). The van der Waals surface area contributed by atoms with Gasteiger partial charge < -0.3 is 15.8 Å². The second-order valence-electron chi connectivity index (χ2n) is 3.17. The van der Waals surface area contributed by atoms with Crippen molar-refractivity contribution in [2.45, 2.75) is 13.0 Å². The van der Waals surface area contributed by atoms with E-state index in [4.69, 9.17) is 10.5 Å². The van der Waals surface area contributed by atoms with Gasteiger partial charge in [-0.1, -0.05) is 6.08 Å². The van der Waals surface area contributed by atoms with Crippen molar-refractivity contribution < 1.29 is 4.74 Å². The molecular weight excluding hydrogens is 208 g/mol. The molecule has 0 radical (unpaired) electrons. The summed E-state index contributed by atoms with van der Waals surface area (Å²) in [5.74, 6) is 0. The molecule has 3 nitrogen and oxygen atoms in total. The van der Waals surface area contributed by atoms with Gasteiger partial charge in [-0.3, -0.25) is 0 Å². The molecule has 1 aromatic rings. The molecule has 0 fully saturated rings. The van der Waals surface area contributed by atoms with Gasteiger partial charge in [0.1, 0.15) is 0 Å². The third-order valence-electron chi connectivity index (χ3n) is 1.95. The average Bonchev–Trinajstić information content (AvgIpc) is 2.63. The van der Waals surface area contributed by atoms with E-state index < -0.39 is 0 Å². The van der Waals surface area contributed by atoms with Gasteiger partial charge in [-0.05, 0) is 17.9 Å². The van der Waals surface area contributed by atoms with Crippen LogP contribution in [0.4, 0.5) is 5.69 Å². The van der Waals surface area contributed by atoms with Gasteiger partial charge in [0.05, 0.1) is 13.2 Å². The largest absolute Gasteiger partial charge is 0.398 e. The first-order chi connectivity index (χ1) is 7.34. The summed E-state index contributed by atoms with van der Waals surface area (Å²) in [4.78, 5) is 1.20. The first-order valence-corrected chi connectivity index (χ1v) is 5.93. The summed E-state index contributed by atoms with van der Waals surface area (Å²) < 4.78 is 5.36. The van der Waals surface area contributed by atoms with E-state index in [0.717, 1.165) is 38.4 Å². The quantitative estimate of drug-likeness (QED) is 0.526. The zero-order valence-electron chi connectivity index (χ0n) is 8.87. The molecule has 1 heterocycles. The first-order valence-electron chi connectivity index (χ1n) is 5.06. The molecule has 15 heavy (non-hydrogen) atoms. The van der Waals surface area contributed by atoms with Gasteiger partial charge in [0.15, 0.2) is 0 Å². The molecule has 0 amide bonds. The molecular formula is C11H18N2OS. The van der Waals surface area contributed by atoms with Gasteiger partial charge in [-0.15, -0.1) is 17.9 Å². The molecule has 0 spiro atoms. The molecule has 0 aliphatic heterocycles. The Balaban J connectivity index is 1.98. The zero-order chi connectivity index (χ0) is 10.9. The lowest BCUT2D eigenvalue weighted by atomic mass is 10.4. The van der Waals surface area contributed by atoms with E-state index in [9.17, 15) is 0 Å². The number of nitrogens with two attached hydrogens (primary N) is 1. The Morgan fingerprint density at radius 2 is 2.40 bits per heavy atom. The minimum Gasteiger partial charge on any atom is -0.398 e. The van der Waals surface area contributed by atoms with Gasteiger partial charge in [0.25, 0.3) is 0 Å². The Labute approximate surface area is 94.9 Å². The fourth-order valence-electron chi connectivity index (χ4n) is 1.11. The maximum Gasteiger partial charge on any atom is 0.0591 e. The summed E-state index contributed by atoms with van der Waals surface area (Å²) in [5.41, 5.74) is 6.62. The summed E-state index contributed by atoms with van der Waals surface area (Å²) in [7, 11) is 0. The summed E-state index contributed by atoms with van der Waals surface area (Å²) in [6.07, 6.45) is 2.78. The van der Waals surface area contributed by atoms with Crippen LogP contribution in [-0.2, 0) is 11.3 Å². The number of nitrogens with one attached hydrogen (secondary N) is 1. The van der Waals surface area contributed by atoms with Crippen LogP contribution in [0.5, 0.6) is 0 Å². The number of rotatable bonds is 8. The van der Waals surface area contributed by atoms with Crippen LogP contribution < -0.4 is 11.1 Å². The summed E-state index contributed by atoms with van der Waals surface area (Å²) >= 11 is 1.68. The lowest BCUT2D eigenvalue weighted by Crippen LogP contribution is -2.19. The van der Waals surface area contributed by atoms with E-state index in [1.54, 1.807) is 11.3 Å². The number of anilines is 1. The Morgan fingerprint density at radius 3 is 3.07 bits per heavy atom. The van der Waals surface area contributed by atoms with Crippen molar-refractivity contribution in [1.82, 2.24) is 5.32 Å². The van der Waals surface area contributed by atoms with Crippen molar-refractivity contribution >= 4 is 17.0 Å². The molecule has 0 atom stereocenters. The van der Waals surface area contributed by atoms with Crippen molar-refractivity contribution in [3.8, 4) is 0 Å². The topological polar surface area (TPSA) is 47.3 Å².